The molecular weight excluding hydrogens is 134 g/mol. The quantitative estimate of drug-likeness (QED) is 0.589. The van der Waals surface area contributed by atoms with Crippen molar-refractivity contribution in [3.05, 3.63) is 0 Å². The third-order valence-electron chi connectivity index (χ3n) is 2.89. The molecule has 2 rings (SSSR count). The molecule has 0 unspecified atom stereocenters. The van der Waals surface area contributed by atoms with Gasteiger partial charge in [-0.25, -0.2) is 5.32 Å². The number of hydrogen-bond donors (Lipinski definition) is 0. The van der Waals surface area contributed by atoms with Crippen LogP contribution in [0.3, 0.4) is 0 Å². The summed E-state index contributed by atoms with van der Waals surface area (Å²) in [6.45, 7) is 1.19. The zero-order chi connectivity index (χ0) is 7.52. The van der Waals surface area contributed by atoms with Crippen LogP contribution in [0.15, 0.2) is 0 Å². The zero-order valence-corrected chi connectivity index (χ0v) is 7.26. The Morgan fingerprint density at radius 3 is 2.27 bits per heavy atom. The number of nitrogens with zero attached hydrogens (tertiary/aromatic N) is 1. The summed E-state index contributed by atoms with van der Waals surface area (Å²) < 4.78 is 0. The standard InChI is InChI=1S/C10H18N/c1-2-4-9(5-3-1)8-11-10-6-7-10/h9-10H,1-8H2. The van der Waals surface area contributed by atoms with E-state index in [0.29, 0.717) is 0 Å². The minimum atomic E-state index is 0.789. The Hall–Kier alpha value is -0.0400. The lowest BCUT2D eigenvalue weighted by atomic mass is 9.89. The van der Waals surface area contributed by atoms with Crippen LogP contribution < -0.4 is 5.32 Å². The maximum Gasteiger partial charge on any atom is 0.0247 e. The predicted octanol–water partition coefficient (Wildman–Crippen LogP) is 2.33. The van der Waals surface area contributed by atoms with Crippen molar-refractivity contribution in [3.63, 3.8) is 0 Å². The first-order valence-electron chi connectivity index (χ1n) is 5.12. The molecule has 0 aliphatic heterocycles. The van der Waals surface area contributed by atoms with Gasteiger partial charge in [-0.1, -0.05) is 19.3 Å². The van der Waals surface area contributed by atoms with Crippen LogP contribution >= 0.6 is 0 Å². The Balaban J connectivity index is 1.59. The Bertz CT molecular complexity index is 112. The highest BCUT2D eigenvalue weighted by atomic mass is 14.9. The first-order valence-corrected chi connectivity index (χ1v) is 5.12. The first kappa shape index (κ1) is 7.60. The van der Waals surface area contributed by atoms with E-state index >= 15 is 0 Å². The van der Waals surface area contributed by atoms with Crippen LogP contribution in [-0.2, 0) is 0 Å². The van der Waals surface area contributed by atoms with Gasteiger partial charge < -0.3 is 0 Å². The van der Waals surface area contributed by atoms with Crippen LogP contribution in [0.2, 0.25) is 0 Å². The molecule has 11 heavy (non-hydrogen) atoms. The summed E-state index contributed by atoms with van der Waals surface area (Å²) in [5.74, 6) is 0.962. The summed E-state index contributed by atoms with van der Waals surface area (Å²) in [5.41, 5.74) is 0. The molecule has 0 heterocycles. The second-order valence-corrected chi connectivity index (χ2v) is 4.10. The van der Waals surface area contributed by atoms with Crippen molar-refractivity contribution >= 4 is 0 Å². The number of hydrogen-bond acceptors (Lipinski definition) is 0. The third-order valence-corrected chi connectivity index (χ3v) is 2.89. The van der Waals surface area contributed by atoms with E-state index in [-0.39, 0.29) is 0 Å². The van der Waals surface area contributed by atoms with Crippen LogP contribution in [0.1, 0.15) is 44.9 Å². The van der Waals surface area contributed by atoms with Crippen LogP contribution in [0.4, 0.5) is 0 Å². The second kappa shape index (κ2) is 3.57. The predicted molar refractivity (Wildman–Crippen MR) is 46.6 cm³/mol. The summed E-state index contributed by atoms with van der Waals surface area (Å²) in [5, 5.41) is 4.66. The third kappa shape index (κ3) is 2.48. The van der Waals surface area contributed by atoms with Gasteiger partial charge in [0.25, 0.3) is 0 Å². The molecule has 2 saturated carbocycles. The molecule has 0 amide bonds. The smallest absolute Gasteiger partial charge is 0.0247 e. The highest BCUT2D eigenvalue weighted by Crippen LogP contribution is 2.25. The molecule has 1 heteroatoms. The molecule has 1 nitrogen and oxygen atoms in total. The average molecular weight is 152 g/mol. The minimum Gasteiger partial charge on any atom is -0.238 e. The van der Waals surface area contributed by atoms with Crippen molar-refractivity contribution in [1.29, 1.82) is 0 Å². The summed E-state index contributed by atoms with van der Waals surface area (Å²) in [6, 6.07) is 0.789. The molecule has 0 atom stereocenters. The monoisotopic (exact) mass is 152 g/mol. The van der Waals surface area contributed by atoms with Gasteiger partial charge in [0.1, 0.15) is 0 Å². The molecule has 2 fully saturated rings. The van der Waals surface area contributed by atoms with Crippen LogP contribution in [0, 0.1) is 5.92 Å². The van der Waals surface area contributed by atoms with Crippen LogP contribution in [0.5, 0.6) is 0 Å². The highest BCUT2D eigenvalue weighted by molar-refractivity contribution is 4.81. The lowest BCUT2D eigenvalue weighted by Gasteiger charge is -2.20. The lowest BCUT2D eigenvalue weighted by molar-refractivity contribution is 0.339. The molecule has 63 valence electrons. The molecule has 0 aromatic heterocycles. The summed E-state index contributed by atoms with van der Waals surface area (Å²) in [6.07, 6.45) is 10.1. The fourth-order valence-corrected chi connectivity index (χ4v) is 1.92. The molecular formula is C10H18N. The molecule has 0 N–H and O–H groups in total. The SMILES string of the molecule is C1CCC(C[N]C2CC2)CC1. The van der Waals surface area contributed by atoms with Gasteiger partial charge in [0.2, 0.25) is 0 Å². The largest absolute Gasteiger partial charge is 0.238 e. The molecule has 2 aliphatic carbocycles. The topological polar surface area (TPSA) is 14.1 Å². The van der Waals surface area contributed by atoms with Crippen molar-refractivity contribution < 1.29 is 0 Å². The molecule has 0 spiro atoms. The van der Waals surface area contributed by atoms with Crippen LogP contribution in [-0.4, -0.2) is 12.6 Å². The Morgan fingerprint density at radius 2 is 1.64 bits per heavy atom. The van der Waals surface area contributed by atoms with Gasteiger partial charge >= 0.3 is 0 Å². The van der Waals surface area contributed by atoms with Gasteiger partial charge in [0.05, 0.1) is 0 Å². The second-order valence-electron chi connectivity index (χ2n) is 4.10. The summed E-state index contributed by atoms with van der Waals surface area (Å²) >= 11 is 0. The minimum absolute atomic E-state index is 0.789. The highest BCUT2D eigenvalue weighted by Gasteiger charge is 2.23. The fraction of sp³-hybridized carbons (Fsp3) is 1.00. The maximum absolute atomic E-state index is 4.66. The first-order chi connectivity index (χ1) is 5.45. The van der Waals surface area contributed by atoms with E-state index in [9.17, 15) is 0 Å². The van der Waals surface area contributed by atoms with Gasteiger partial charge in [0.15, 0.2) is 0 Å². The lowest BCUT2D eigenvalue weighted by Crippen LogP contribution is -2.20. The molecule has 0 aromatic rings. The van der Waals surface area contributed by atoms with E-state index in [1.807, 2.05) is 0 Å². The van der Waals surface area contributed by atoms with Gasteiger partial charge in [-0.15, -0.1) is 0 Å². The molecule has 0 aromatic carbocycles. The molecule has 1 radical (unpaired) electrons. The summed E-state index contributed by atoms with van der Waals surface area (Å²) in [7, 11) is 0. The summed E-state index contributed by atoms with van der Waals surface area (Å²) in [4.78, 5) is 0. The van der Waals surface area contributed by atoms with E-state index in [2.05, 4.69) is 5.32 Å². The Labute approximate surface area is 69.6 Å². The van der Waals surface area contributed by atoms with E-state index in [1.54, 1.807) is 0 Å². The maximum atomic E-state index is 4.66. The van der Waals surface area contributed by atoms with E-state index in [0.717, 1.165) is 12.0 Å². The Kier molecular flexibility index (Phi) is 2.47. The van der Waals surface area contributed by atoms with E-state index in [4.69, 9.17) is 0 Å². The van der Waals surface area contributed by atoms with E-state index < -0.39 is 0 Å². The Morgan fingerprint density at radius 1 is 0.909 bits per heavy atom. The normalized spacial score (nSPS) is 27.3. The van der Waals surface area contributed by atoms with Gasteiger partial charge in [-0.2, -0.15) is 0 Å². The number of rotatable bonds is 3. The average Bonchev–Trinajstić information content (AvgIpc) is 2.86. The van der Waals surface area contributed by atoms with Crippen molar-refractivity contribution in [3.8, 4) is 0 Å². The van der Waals surface area contributed by atoms with Crippen molar-refractivity contribution in [1.82, 2.24) is 5.32 Å². The zero-order valence-electron chi connectivity index (χ0n) is 7.26. The van der Waals surface area contributed by atoms with Gasteiger partial charge in [-0.3, -0.25) is 0 Å². The van der Waals surface area contributed by atoms with Gasteiger partial charge in [0, 0.05) is 12.6 Å². The van der Waals surface area contributed by atoms with E-state index in [1.165, 1.54) is 51.5 Å². The molecule has 0 bridgehead atoms. The van der Waals surface area contributed by atoms with Crippen molar-refractivity contribution in [2.45, 2.75) is 51.0 Å². The van der Waals surface area contributed by atoms with Gasteiger partial charge in [-0.05, 0) is 31.6 Å². The fourth-order valence-electron chi connectivity index (χ4n) is 1.92. The molecule has 2 aliphatic rings. The van der Waals surface area contributed by atoms with Crippen molar-refractivity contribution in [2.75, 3.05) is 6.54 Å². The van der Waals surface area contributed by atoms with Crippen molar-refractivity contribution in [2.24, 2.45) is 5.92 Å². The molecule has 0 saturated heterocycles. The van der Waals surface area contributed by atoms with Crippen LogP contribution in [0.25, 0.3) is 0 Å².